The van der Waals surface area contributed by atoms with E-state index in [-0.39, 0.29) is 5.82 Å². The van der Waals surface area contributed by atoms with Crippen LogP contribution in [0, 0.1) is 11.7 Å². The average Bonchev–Trinajstić information content (AvgIpc) is 2.40. The van der Waals surface area contributed by atoms with Crippen molar-refractivity contribution in [3.8, 4) is 5.75 Å². The third-order valence-corrected chi connectivity index (χ3v) is 3.57. The molecule has 0 aromatic heterocycles. The van der Waals surface area contributed by atoms with Gasteiger partial charge in [-0.2, -0.15) is 0 Å². The summed E-state index contributed by atoms with van der Waals surface area (Å²) >= 11 is 3.15. The molecule has 1 N–H and O–H groups in total. The van der Waals surface area contributed by atoms with E-state index in [0.29, 0.717) is 11.1 Å². The van der Waals surface area contributed by atoms with Crippen LogP contribution in [-0.2, 0) is 0 Å². The minimum absolute atomic E-state index is 0.258. The molecule has 1 rings (SSSR count). The van der Waals surface area contributed by atoms with Crippen molar-refractivity contribution in [3.63, 3.8) is 0 Å². The quantitative estimate of drug-likeness (QED) is 0.616. The normalized spacial score (nSPS) is 11.1. The average molecular weight is 346 g/mol. The molecule has 0 bridgehead atoms. The topological polar surface area (TPSA) is 21.3 Å². The fourth-order valence-electron chi connectivity index (χ4n) is 1.85. The highest BCUT2D eigenvalue weighted by atomic mass is 79.9. The van der Waals surface area contributed by atoms with E-state index in [1.54, 1.807) is 12.1 Å². The zero-order valence-corrected chi connectivity index (χ0v) is 14.0. The Labute approximate surface area is 130 Å². The Morgan fingerprint density at radius 1 is 1.20 bits per heavy atom. The Kier molecular flexibility index (Phi) is 8.86. The van der Waals surface area contributed by atoms with Gasteiger partial charge >= 0.3 is 0 Å². The molecule has 0 atom stereocenters. The van der Waals surface area contributed by atoms with Crippen LogP contribution in [-0.4, -0.2) is 19.7 Å². The smallest absolute Gasteiger partial charge is 0.137 e. The number of benzene rings is 1. The SMILES string of the molecule is CC(C)CNCCCCCCOc1ccc(F)c(Br)c1. The van der Waals surface area contributed by atoms with Crippen molar-refractivity contribution < 1.29 is 9.13 Å². The number of nitrogens with one attached hydrogen (secondary N) is 1. The second-order valence-electron chi connectivity index (χ2n) is 5.44. The monoisotopic (exact) mass is 345 g/mol. The first-order chi connectivity index (χ1) is 9.59. The fourth-order valence-corrected chi connectivity index (χ4v) is 2.21. The van der Waals surface area contributed by atoms with E-state index in [1.807, 2.05) is 0 Å². The molecule has 0 heterocycles. The molecule has 0 spiro atoms. The minimum Gasteiger partial charge on any atom is -0.494 e. The summed E-state index contributed by atoms with van der Waals surface area (Å²) in [6, 6.07) is 4.75. The lowest BCUT2D eigenvalue weighted by atomic mass is 10.2. The first-order valence-corrected chi connectivity index (χ1v) is 8.17. The van der Waals surface area contributed by atoms with Gasteiger partial charge in [-0.1, -0.05) is 26.7 Å². The van der Waals surface area contributed by atoms with Gasteiger partial charge in [0.15, 0.2) is 0 Å². The van der Waals surface area contributed by atoms with Gasteiger partial charge in [0, 0.05) is 0 Å². The zero-order chi connectivity index (χ0) is 14.8. The van der Waals surface area contributed by atoms with E-state index in [9.17, 15) is 4.39 Å². The summed E-state index contributed by atoms with van der Waals surface area (Å²) in [6.07, 6.45) is 4.65. The standard InChI is InChI=1S/C16H25BrFNO/c1-13(2)12-19-9-5-3-4-6-10-20-14-7-8-16(18)15(17)11-14/h7-8,11,13,19H,3-6,9-10,12H2,1-2H3. The molecule has 0 aliphatic rings. The molecule has 0 unspecified atom stereocenters. The molecule has 0 saturated carbocycles. The van der Waals surface area contributed by atoms with Gasteiger partial charge in [0.2, 0.25) is 0 Å². The van der Waals surface area contributed by atoms with Gasteiger partial charge in [0.05, 0.1) is 11.1 Å². The molecule has 0 saturated heterocycles. The van der Waals surface area contributed by atoms with Gasteiger partial charge < -0.3 is 10.1 Å². The molecule has 1 aromatic rings. The molecule has 0 fully saturated rings. The van der Waals surface area contributed by atoms with Crippen LogP contribution < -0.4 is 10.1 Å². The maximum Gasteiger partial charge on any atom is 0.137 e. The van der Waals surface area contributed by atoms with Crippen LogP contribution in [0.3, 0.4) is 0 Å². The van der Waals surface area contributed by atoms with Crippen molar-refractivity contribution >= 4 is 15.9 Å². The summed E-state index contributed by atoms with van der Waals surface area (Å²) < 4.78 is 19.1. The molecular formula is C16H25BrFNO. The Balaban J connectivity index is 1.98. The maximum atomic E-state index is 13.0. The van der Waals surface area contributed by atoms with Crippen molar-refractivity contribution in [2.45, 2.75) is 39.5 Å². The molecule has 0 aliphatic carbocycles. The fraction of sp³-hybridized carbons (Fsp3) is 0.625. The van der Waals surface area contributed by atoms with Crippen LogP contribution in [0.4, 0.5) is 4.39 Å². The Morgan fingerprint density at radius 2 is 1.95 bits per heavy atom. The van der Waals surface area contributed by atoms with Crippen LogP contribution in [0.25, 0.3) is 0 Å². The van der Waals surface area contributed by atoms with Crippen LogP contribution in [0.2, 0.25) is 0 Å². The maximum absolute atomic E-state index is 13.0. The van der Waals surface area contributed by atoms with Gasteiger partial charge in [-0.15, -0.1) is 0 Å². The van der Waals surface area contributed by atoms with E-state index in [0.717, 1.165) is 31.2 Å². The number of unbranched alkanes of at least 4 members (excludes halogenated alkanes) is 3. The molecule has 0 aliphatic heterocycles. The lowest BCUT2D eigenvalue weighted by Crippen LogP contribution is -2.20. The number of halogens is 2. The number of hydrogen-bond acceptors (Lipinski definition) is 2. The third kappa shape index (κ3) is 7.85. The summed E-state index contributed by atoms with van der Waals surface area (Å²) in [5.74, 6) is 1.18. The predicted octanol–water partition coefficient (Wildman–Crippen LogP) is 4.77. The Morgan fingerprint density at radius 3 is 2.65 bits per heavy atom. The van der Waals surface area contributed by atoms with E-state index in [1.165, 1.54) is 25.3 Å². The van der Waals surface area contributed by atoms with Crippen molar-refractivity contribution in [3.05, 3.63) is 28.5 Å². The van der Waals surface area contributed by atoms with Gasteiger partial charge in [-0.25, -0.2) is 4.39 Å². The Hall–Kier alpha value is -0.610. The molecule has 20 heavy (non-hydrogen) atoms. The molecule has 2 nitrogen and oxygen atoms in total. The van der Waals surface area contributed by atoms with E-state index in [4.69, 9.17) is 4.74 Å². The van der Waals surface area contributed by atoms with Crippen molar-refractivity contribution in [2.75, 3.05) is 19.7 Å². The molecule has 1 aromatic carbocycles. The van der Waals surface area contributed by atoms with Gasteiger partial charge in [0.25, 0.3) is 0 Å². The lowest BCUT2D eigenvalue weighted by molar-refractivity contribution is 0.304. The highest BCUT2D eigenvalue weighted by Crippen LogP contribution is 2.21. The van der Waals surface area contributed by atoms with Crippen LogP contribution >= 0.6 is 15.9 Å². The zero-order valence-electron chi connectivity index (χ0n) is 12.4. The predicted molar refractivity (Wildman–Crippen MR) is 85.8 cm³/mol. The second-order valence-corrected chi connectivity index (χ2v) is 6.29. The molecule has 0 radical (unpaired) electrons. The molecule has 0 amide bonds. The summed E-state index contributed by atoms with van der Waals surface area (Å²) in [6.45, 7) is 7.33. The first-order valence-electron chi connectivity index (χ1n) is 7.38. The molecular weight excluding hydrogens is 321 g/mol. The number of ether oxygens (including phenoxy) is 1. The van der Waals surface area contributed by atoms with Gasteiger partial charge in [-0.05, 0) is 66.0 Å². The summed E-state index contributed by atoms with van der Waals surface area (Å²) in [5.41, 5.74) is 0. The highest BCUT2D eigenvalue weighted by Gasteiger charge is 2.01. The first kappa shape index (κ1) is 17.4. The van der Waals surface area contributed by atoms with E-state index < -0.39 is 0 Å². The van der Waals surface area contributed by atoms with Gasteiger partial charge in [0.1, 0.15) is 11.6 Å². The van der Waals surface area contributed by atoms with Gasteiger partial charge in [-0.3, -0.25) is 0 Å². The third-order valence-electron chi connectivity index (χ3n) is 2.96. The van der Waals surface area contributed by atoms with Crippen molar-refractivity contribution in [2.24, 2.45) is 5.92 Å². The molecule has 114 valence electrons. The summed E-state index contributed by atoms with van der Waals surface area (Å²) in [7, 11) is 0. The number of rotatable bonds is 10. The van der Waals surface area contributed by atoms with E-state index >= 15 is 0 Å². The summed E-state index contributed by atoms with van der Waals surface area (Å²) in [5, 5.41) is 3.44. The van der Waals surface area contributed by atoms with Crippen molar-refractivity contribution in [1.29, 1.82) is 0 Å². The van der Waals surface area contributed by atoms with Crippen LogP contribution in [0.1, 0.15) is 39.5 Å². The van der Waals surface area contributed by atoms with Crippen LogP contribution in [0.15, 0.2) is 22.7 Å². The summed E-state index contributed by atoms with van der Waals surface area (Å²) in [4.78, 5) is 0. The minimum atomic E-state index is -0.258. The van der Waals surface area contributed by atoms with Crippen LogP contribution in [0.5, 0.6) is 5.75 Å². The Bertz CT molecular complexity index is 385. The lowest BCUT2D eigenvalue weighted by Gasteiger charge is -2.08. The van der Waals surface area contributed by atoms with Crippen molar-refractivity contribution in [1.82, 2.24) is 5.32 Å². The second kappa shape index (κ2) is 10.2. The van der Waals surface area contributed by atoms with E-state index in [2.05, 4.69) is 35.1 Å². The highest BCUT2D eigenvalue weighted by molar-refractivity contribution is 9.10. The molecule has 4 heteroatoms. The largest absolute Gasteiger partial charge is 0.494 e. The number of hydrogen-bond donors (Lipinski definition) is 1.